The molecule has 0 bridgehead atoms. The van der Waals surface area contributed by atoms with E-state index in [-0.39, 0.29) is 5.41 Å². The molecule has 0 fully saturated rings. The van der Waals surface area contributed by atoms with Crippen LogP contribution in [0.3, 0.4) is 0 Å². The van der Waals surface area contributed by atoms with Crippen molar-refractivity contribution in [1.29, 1.82) is 0 Å². The fourth-order valence-corrected chi connectivity index (χ4v) is 2.05. The van der Waals surface area contributed by atoms with Crippen molar-refractivity contribution < 1.29 is 0 Å². The Hall–Kier alpha value is -1.51. The standard InChI is InChI=1S/C15H23N3/c1-12-6-4-5-7-13(12)8-9-16-14-17-10-15(2,3)11-18-14/h4-7H,8-11H2,1-3H3,(H2,16,17,18). The smallest absolute Gasteiger partial charge is 0.191 e. The van der Waals surface area contributed by atoms with Gasteiger partial charge in [0.25, 0.3) is 0 Å². The average Bonchev–Trinajstić information content (AvgIpc) is 2.34. The monoisotopic (exact) mass is 245 g/mol. The summed E-state index contributed by atoms with van der Waals surface area (Å²) in [5.74, 6) is 0.947. The van der Waals surface area contributed by atoms with Crippen molar-refractivity contribution in [2.45, 2.75) is 27.2 Å². The summed E-state index contributed by atoms with van der Waals surface area (Å²) in [6.07, 6.45) is 1.04. The Morgan fingerprint density at radius 1 is 1.33 bits per heavy atom. The lowest BCUT2D eigenvalue weighted by Gasteiger charge is -2.29. The van der Waals surface area contributed by atoms with E-state index in [1.165, 1.54) is 11.1 Å². The minimum absolute atomic E-state index is 0.279. The number of hydrogen-bond acceptors (Lipinski definition) is 3. The molecule has 0 aromatic heterocycles. The lowest BCUT2D eigenvalue weighted by Crippen LogP contribution is -2.47. The fourth-order valence-electron chi connectivity index (χ4n) is 2.05. The molecule has 3 nitrogen and oxygen atoms in total. The van der Waals surface area contributed by atoms with Gasteiger partial charge >= 0.3 is 0 Å². The number of aryl methyl sites for hydroxylation is 1. The number of aliphatic imine (C=N–C) groups is 1. The molecule has 1 aromatic carbocycles. The lowest BCUT2D eigenvalue weighted by atomic mass is 9.93. The van der Waals surface area contributed by atoms with Crippen molar-refractivity contribution in [3.05, 3.63) is 35.4 Å². The van der Waals surface area contributed by atoms with Crippen LogP contribution in [0.2, 0.25) is 0 Å². The van der Waals surface area contributed by atoms with Crippen LogP contribution < -0.4 is 10.6 Å². The number of nitrogens with one attached hydrogen (secondary N) is 2. The van der Waals surface area contributed by atoms with Crippen molar-refractivity contribution in [2.24, 2.45) is 10.4 Å². The molecular weight excluding hydrogens is 222 g/mol. The summed E-state index contributed by atoms with van der Waals surface area (Å²) in [4.78, 5) is 4.53. The van der Waals surface area contributed by atoms with Crippen LogP contribution in [0, 0.1) is 12.3 Å². The molecule has 2 rings (SSSR count). The summed E-state index contributed by atoms with van der Waals surface area (Å²) in [5.41, 5.74) is 3.04. The Bertz CT molecular complexity index is 435. The van der Waals surface area contributed by atoms with Gasteiger partial charge in [0.2, 0.25) is 0 Å². The van der Waals surface area contributed by atoms with Gasteiger partial charge < -0.3 is 10.6 Å². The average molecular weight is 245 g/mol. The summed E-state index contributed by atoms with van der Waals surface area (Å²) in [6, 6.07) is 8.53. The highest BCUT2D eigenvalue weighted by atomic mass is 15.2. The van der Waals surface area contributed by atoms with Crippen LogP contribution in [-0.4, -0.2) is 25.6 Å². The number of hydrogen-bond donors (Lipinski definition) is 2. The molecule has 1 aliphatic heterocycles. The third-order valence-corrected chi connectivity index (χ3v) is 3.35. The molecule has 1 aromatic rings. The van der Waals surface area contributed by atoms with Crippen molar-refractivity contribution in [3.8, 4) is 0 Å². The maximum atomic E-state index is 4.53. The molecule has 0 aliphatic carbocycles. The van der Waals surface area contributed by atoms with Crippen LogP contribution in [-0.2, 0) is 6.42 Å². The van der Waals surface area contributed by atoms with Crippen LogP contribution in [0.4, 0.5) is 0 Å². The quantitative estimate of drug-likeness (QED) is 0.855. The third kappa shape index (κ3) is 3.49. The van der Waals surface area contributed by atoms with Gasteiger partial charge in [-0.15, -0.1) is 0 Å². The molecule has 0 unspecified atom stereocenters. The highest BCUT2D eigenvalue weighted by Crippen LogP contribution is 2.16. The van der Waals surface area contributed by atoms with E-state index in [2.05, 4.69) is 60.7 Å². The molecule has 2 N–H and O–H groups in total. The van der Waals surface area contributed by atoms with E-state index < -0.39 is 0 Å². The molecule has 0 spiro atoms. The minimum atomic E-state index is 0.279. The second kappa shape index (κ2) is 5.42. The summed E-state index contributed by atoms with van der Waals surface area (Å²) in [5, 5.41) is 6.72. The van der Waals surface area contributed by atoms with E-state index in [9.17, 15) is 0 Å². The largest absolute Gasteiger partial charge is 0.356 e. The van der Waals surface area contributed by atoms with Crippen LogP contribution >= 0.6 is 0 Å². The Labute approximate surface area is 110 Å². The third-order valence-electron chi connectivity index (χ3n) is 3.35. The summed E-state index contributed by atoms with van der Waals surface area (Å²) >= 11 is 0. The predicted octanol–water partition coefficient (Wildman–Crippen LogP) is 2.11. The van der Waals surface area contributed by atoms with Gasteiger partial charge in [-0.3, -0.25) is 4.99 Å². The zero-order valence-electron chi connectivity index (χ0n) is 11.6. The predicted molar refractivity (Wildman–Crippen MR) is 77.0 cm³/mol. The second-order valence-electron chi connectivity index (χ2n) is 5.79. The van der Waals surface area contributed by atoms with Gasteiger partial charge in [0.1, 0.15) is 0 Å². The maximum absolute atomic E-state index is 4.53. The number of rotatable bonds is 3. The van der Waals surface area contributed by atoms with E-state index >= 15 is 0 Å². The first-order valence-electron chi connectivity index (χ1n) is 6.63. The van der Waals surface area contributed by atoms with E-state index in [0.717, 1.165) is 32.0 Å². The summed E-state index contributed by atoms with van der Waals surface area (Å²) in [7, 11) is 0. The second-order valence-corrected chi connectivity index (χ2v) is 5.79. The van der Waals surface area contributed by atoms with Crippen molar-refractivity contribution in [1.82, 2.24) is 10.6 Å². The van der Waals surface area contributed by atoms with Gasteiger partial charge in [-0.1, -0.05) is 38.1 Å². The normalized spacial score (nSPS) is 17.8. The van der Waals surface area contributed by atoms with Gasteiger partial charge in [0, 0.05) is 25.0 Å². The highest BCUT2D eigenvalue weighted by Gasteiger charge is 2.21. The van der Waals surface area contributed by atoms with E-state index in [1.807, 2.05) is 0 Å². The first-order chi connectivity index (χ1) is 8.57. The fraction of sp³-hybridized carbons (Fsp3) is 0.533. The SMILES string of the molecule is Cc1ccccc1CCNC1=NCC(C)(C)CN1. The zero-order valence-corrected chi connectivity index (χ0v) is 11.6. The van der Waals surface area contributed by atoms with Crippen molar-refractivity contribution >= 4 is 5.96 Å². The van der Waals surface area contributed by atoms with E-state index in [0.29, 0.717) is 0 Å². The van der Waals surface area contributed by atoms with Crippen LogP contribution in [0.5, 0.6) is 0 Å². The number of nitrogens with zero attached hydrogens (tertiary/aromatic N) is 1. The zero-order chi connectivity index (χ0) is 13.0. The van der Waals surface area contributed by atoms with E-state index in [1.54, 1.807) is 0 Å². The molecule has 0 atom stereocenters. The molecule has 98 valence electrons. The molecular formula is C15H23N3. The Balaban J connectivity index is 1.80. The topological polar surface area (TPSA) is 36.4 Å². The number of guanidine groups is 1. The molecule has 1 heterocycles. The molecule has 0 saturated heterocycles. The Kier molecular flexibility index (Phi) is 3.90. The highest BCUT2D eigenvalue weighted by molar-refractivity contribution is 5.80. The summed E-state index contributed by atoms with van der Waals surface area (Å²) < 4.78 is 0. The number of benzene rings is 1. The molecule has 3 heteroatoms. The molecule has 0 saturated carbocycles. The van der Waals surface area contributed by atoms with Gasteiger partial charge in [-0.2, -0.15) is 0 Å². The first kappa shape index (κ1) is 12.9. The van der Waals surface area contributed by atoms with Crippen LogP contribution in [0.15, 0.2) is 29.3 Å². The summed E-state index contributed by atoms with van der Waals surface area (Å²) in [6.45, 7) is 9.43. The van der Waals surface area contributed by atoms with Gasteiger partial charge in [-0.25, -0.2) is 0 Å². The minimum Gasteiger partial charge on any atom is -0.356 e. The first-order valence-corrected chi connectivity index (χ1v) is 6.63. The van der Waals surface area contributed by atoms with Gasteiger partial charge in [0.15, 0.2) is 5.96 Å². The van der Waals surface area contributed by atoms with Gasteiger partial charge in [0.05, 0.1) is 0 Å². The molecule has 1 aliphatic rings. The molecule has 0 amide bonds. The maximum Gasteiger partial charge on any atom is 0.191 e. The lowest BCUT2D eigenvalue weighted by molar-refractivity contribution is 0.358. The van der Waals surface area contributed by atoms with Crippen LogP contribution in [0.1, 0.15) is 25.0 Å². The van der Waals surface area contributed by atoms with E-state index in [4.69, 9.17) is 0 Å². The van der Waals surface area contributed by atoms with Crippen molar-refractivity contribution in [3.63, 3.8) is 0 Å². The van der Waals surface area contributed by atoms with Crippen molar-refractivity contribution in [2.75, 3.05) is 19.6 Å². The molecule has 0 radical (unpaired) electrons. The Morgan fingerprint density at radius 2 is 2.11 bits per heavy atom. The van der Waals surface area contributed by atoms with Gasteiger partial charge in [-0.05, 0) is 24.5 Å². The Morgan fingerprint density at radius 3 is 2.78 bits per heavy atom. The molecule has 18 heavy (non-hydrogen) atoms. The van der Waals surface area contributed by atoms with Crippen LogP contribution in [0.25, 0.3) is 0 Å².